The smallest absolute Gasteiger partial charge is 0.229 e. The molecule has 0 aliphatic rings. The summed E-state index contributed by atoms with van der Waals surface area (Å²) in [5.74, 6) is 0. The third-order valence-electron chi connectivity index (χ3n) is 2.58. The van der Waals surface area contributed by atoms with E-state index in [4.69, 9.17) is 4.43 Å². The molecule has 0 saturated carbocycles. The number of hydrogen-bond acceptors (Lipinski definition) is 1. The molecular formula is C13H28OSi. The van der Waals surface area contributed by atoms with Crippen LogP contribution < -0.4 is 0 Å². The fraction of sp³-hybridized carbons (Fsp3) is 1.00. The van der Waals surface area contributed by atoms with Crippen molar-refractivity contribution in [2.75, 3.05) is 6.61 Å². The zero-order valence-electron chi connectivity index (χ0n) is 10.7. The molecule has 0 unspecified atom stereocenters. The first-order chi connectivity index (χ1) is 7.41. The van der Waals surface area contributed by atoms with Crippen molar-refractivity contribution in [1.82, 2.24) is 0 Å². The fourth-order valence-corrected chi connectivity index (χ4v) is 2.37. The van der Waals surface area contributed by atoms with Crippen LogP contribution >= 0.6 is 0 Å². The first-order valence-electron chi connectivity index (χ1n) is 6.76. The molecule has 0 bridgehead atoms. The van der Waals surface area contributed by atoms with Gasteiger partial charge in [-0.1, -0.05) is 65.2 Å². The highest BCUT2D eigenvalue weighted by Gasteiger charge is 1.93. The summed E-state index contributed by atoms with van der Waals surface area (Å²) in [5.41, 5.74) is 0. The van der Waals surface area contributed by atoms with Gasteiger partial charge in [0.15, 0.2) is 0 Å². The second kappa shape index (κ2) is 14.2. The van der Waals surface area contributed by atoms with Crippen LogP contribution in [0.4, 0.5) is 0 Å². The summed E-state index contributed by atoms with van der Waals surface area (Å²) >= 11 is 0. The first-order valence-corrected chi connectivity index (χ1v) is 7.88. The Morgan fingerprint density at radius 2 is 1.33 bits per heavy atom. The van der Waals surface area contributed by atoms with Crippen LogP contribution in [0.1, 0.15) is 71.6 Å². The van der Waals surface area contributed by atoms with Crippen LogP contribution in [0.3, 0.4) is 0 Å². The lowest BCUT2D eigenvalue weighted by Crippen LogP contribution is -2.00. The van der Waals surface area contributed by atoms with Crippen molar-refractivity contribution in [1.29, 1.82) is 0 Å². The Morgan fingerprint density at radius 1 is 0.733 bits per heavy atom. The highest BCUT2D eigenvalue weighted by molar-refractivity contribution is 6.26. The summed E-state index contributed by atoms with van der Waals surface area (Å²) in [6, 6.07) is 1.28. The maximum atomic E-state index is 5.61. The highest BCUT2D eigenvalue weighted by atomic mass is 28.2. The summed E-state index contributed by atoms with van der Waals surface area (Å²) in [5, 5.41) is 0. The van der Waals surface area contributed by atoms with Crippen LogP contribution in [0.2, 0.25) is 6.04 Å². The molecule has 0 aliphatic carbocycles. The third-order valence-corrected chi connectivity index (χ3v) is 3.55. The van der Waals surface area contributed by atoms with Gasteiger partial charge in [0.05, 0.1) is 0 Å². The van der Waals surface area contributed by atoms with Crippen LogP contribution in [0.5, 0.6) is 0 Å². The van der Waals surface area contributed by atoms with Gasteiger partial charge in [0.2, 0.25) is 9.76 Å². The average molecular weight is 228 g/mol. The normalized spacial score (nSPS) is 10.8. The Morgan fingerprint density at radius 3 is 2.07 bits per heavy atom. The molecule has 0 aromatic rings. The van der Waals surface area contributed by atoms with Crippen molar-refractivity contribution in [2.45, 2.75) is 77.7 Å². The molecule has 0 aromatic carbocycles. The van der Waals surface area contributed by atoms with E-state index in [9.17, 15) is 0 Å². The molecule has 0 fully saturated rings. The monoisotopic (exact) mass is 228 g/mol. The van der Waals surface area contributed by atoms with Crippen LogP contribution in [-0.4, -0.2) is 16.4 Å². The second-order valence-corrected chi connectivity index (χ2v) is 5.30. The minimum absolute atomic E-state index is 0.754. The summed E-state index contributed by atoms with van der Waals surface area (Å²) in [6.07, 6.45) is 12.2. The van der Waals surface area contributed by atoms with Gasteiger partial charge in [-0.2, -0.15) is 0 Å². The lowest BCUT2D eigenvalue weighted by Gasteiger charge is -2.02. The van der Waals surface area contributed by atoms with E-state index in [0.717, 1.165) is 16.4 Å². The van der Waals surface area contributed by atoms with E-state index in [2.05, 4.69) is 13.8 Å². The molecule has 90 valence electrons. The van der Waals surface area contributed by atoms with Crippen LogP contribution in [-0.2, 0) is 4.43 Å². The Bertz CT molecular complexity index is 94.7. The maximum Gasteiger partial charge on any atom is 0.229 e. The topological polar surface area (TPSA) is 9.23 Å². The Kier molecular flexibility index (Phi) is 14.3. The molecule has 0 N–H and O–H groups in total. The van der Waals surface area contributed by atoms with E-state index in [1.807, 2.05) is 0 Å². The molecule has 2 heteroatoms. The van der Waals surface area contributed by atoms with Gasteiger partial charge < -0.3 is 4.43 Å². The maximum absolute atomic E-state index is 5.61. The number of hydrogen-bond donors (Lipinski definition) is 0. The van der Waals surface area contributed by atoms with Crippen LogP contribution in [0, 0.1) is 0 Å². The van der Waals surface area contributed by atoms with Gasteiger partial charge in [-0.15, -0.1) is 0 Å². The van der Waals surface area contributed by atoms with Gasteiger partial charge in [0.1, 0.15) is 0 Å². The quantitative estimate of drug-likeness (QED) is 0.351. The summed E-state index contributed by atoms with van der Waals surface area (Å²) in [7, 11) is 0.754. The molecule has 15 heavy (non-hydrogen) atoms. The zero-order valence-corrected chi connectivity index (χ0v) is 11.7. The molecule has 0 aromatic heterocycles. The van der Waals surface area contributed by atoms with Crippen molar-refractivity contribution in [2.24, 2.45) is 0 Å². The van der Waals surface area contributed by atoms with Crippen LogP contribution in [0.25, 0.3) is 0 Å². The van der Waals surface area contributed by atoms with Gasteiger partial charge in [-0.3, -0.25) is 0 Å². The van der Waals surface area contributed by atoms with E-state index in [1.165, 1.54) is 63.8 Å². The van der Waals surface area contributed by atoms with Crippen molar-refractivity contribution < 1.29 is 4.43 Å². The lowest BCUT2D eigenvalue weighted by atomic mass is 10.1. The van der Waals surface area contributed by atoms with Crippen molar-refractivity contribution in [3.05, 3.63) is 0 Å². The molecule has 0 atom stereocenters. The number of unbranched alkanes of at least 4 members (excludes halogenated alkanes) is 7. The minimum atomic E-state index is 0.754. The zero-order chi connectivity index (χ0) is 11.2. The highest BCUT2D eigenvalue weighted by Crippen LogP contribution is 2.05. The van der Waals surface area contributed by atoms with E-state index < -0.39 is 0 Å². The molecule has 1 nitrogen and oxygen atoms in total. The predicted octanol–water partition coefficient (Wildman–Crippen LogP) is 4.59. The average Bonchev–Trinajstić information content (AvgIpc) is 2.26. The minimum Gasteiger partial charge on any atom is -0.417 e. The predicted molar refractivity (Wildman–Crippen MR) is 69.4 cm³/mol. The van der Waals surface area contributed by atoms with Crippen molar-refractivity contribution in [3.63, 3.8) is 0 Å². The number of rotatable bonds is 12. The van der Waals surface area contributed by atoms with Gasteiger partial charge >= 0.3 is 0 Å². The van der Waals surface area contributed by atoms with Crippen LogP contribution in [0.15, 0.2) is 0 Å². The Labute approximate surface area is 98.9 Å². The standard InChI is InChI=1S/C13H28OSi/c1-3-5-7-8-9-10-12-14-15-13-11-6-4-2/h3-13H2,1-2H3. The lowest BCUT2D eigenvalue weighted by molar-refractivity contribution is 0.319. The molecule has 0 aliphatic heterocycles. The largest absolute Gasteiger partial charge is 0.417 e. The van der Waals surface area contributed by atoms with E-state index >= 15 is 0 Å². The third kappa shape index (κ3) is 14.2. The molecule has 0 amide bonds. The van der Waals surface area contributed by atoms with Gasteiger partial charge in [0.25, 0.3) is 0 Å². The van der Waals surface area contributed by atoms with Gasteiger partial charge in [0, 0.05) is 6.61 Å². The van der Waals surface area contributed by atoms with Crippen molar-refractivity contribution in [3.8, 4) is 0 Å². The summed E-state index contributed by atoms with van der Waals surface area (Å²) in [4.78, 5) is 0. The molecule has 0 heterocycles. The Balaban J connectivity index is 2.81. The first kappa shape index (κ1) is 15.2. The van der Waals surface area contributed by atoms with E-state index in [1.54, 1.807) is 0 Å². The van der Waals surface area contributed by atoms with E-state index in [-0.39, 0.29) is 0 Å². The molecule has 0 rings (SSSR count). The molecule has 2 radical (unpaired) electrons. The van der Waals surface area contributed by atoms with Crippen molar-refractivity contribution >= 4 is 9.76 Å². The van der Waals surface area contributed by atoms with Gasteiger partial charge in [-0.25, -0.2) is 0 Å². The molecule has 0 saturated heterocycles. The SMILES string of the molecule is CCCCCCCCO[Si]CCCCC. The Hall–Kier alpha value is 0.177. The molecular weight excluding hydrogens is 200 g/mol. The van der Waals surface area contributed by atoms with Gasteiger partial charge in [-0.05, 0) is 12.5 Å². The summed E-state index contributed by atoms with van der Waals surface area (Å²) < 4.78 is 5.61. The second-order valence-electron chi connectivity index (χ2n) is 4.22. The summed E-state index contributed by atoms with van der Waals surface area (Å²) in [6.45, 7) is 5.51. The molecule has 0 spiro atoms. The fourth-order valence-electron chi connectivity index (χ4n) is 1.55. The van der Waals surface area contributed by atoms with E-state index in [0.29, 0.717) is 0 Å².